The van der Waals surface area contributed by atoms with Gasteiger partial charge in [0.15, 0.2) is 0 Å². The molecule has 0 amide bonds. The summed E-state index contributed by atoms with van der Waals surface area (Å²) in [7, 11) is 0. The van der Waals surface area contributed by atoms with Crippen molar-refractivity contribution in [2.45, 2.75) is 32.6 Å². The zero-order valence-corrected chi connectivity index (χ0v) is 10.1. The lowest BCUT2D eigenvalue weighted by atomic mass is 10.2. The third kappa shape index (κ3) is 4.09. The molecule has 1 rings (SSSR count). The van der Waals surface area contributed by atoms with Crippen LogP contribution in [-0.2, 0) is 0 Å². The summed E-state index contributed by atoms with van der Waals surface area (Å²) in [6.07, 6.45) is 8.43. The fourth-order valence-electron chi connectivity index (χ4n) is 1.19. The predicted molar refractivity (Wildman–Crippen MR) is 61.6 cm³/mol. The van der Waals surface area contributed by atoms with Crippen LogP contribution in [0.4, 0.5) is 0 Å². The molecule has 0 saturated carbocycles. The van der Waals surface area contributed by atoms with Crippen molar-refractivity contribution in [2.24, 2.45) is 0 Å². The fraction of sp³-hybridized carbons (Fsp3) is 0.545. The fourth-order valence-corrected chi connectivity index (χ4v) is 1.56. The van der Waals surface area contributed by atoms with Crippen molar-refractivity contribution < 1.29 is 4.74 Å². The highest BCUT2D eigenvalue weighted by Gasteiger charge is 1.98. The first-order valence-corrected chi connectivity index (χ1v) is 5.86. The van der Waals surface area contributed by atoms with Crippen LogP contribution in [-0.4, -0.2) is 11.6 Å². The van der Waals surface area contributed by atoms with Crippen LogP contribution in [0.3, 0.4) is 0 Å². The number of aromatic nitrogens is 1. The van der Waals surface area contributed by atoms with E-state index in [-0.39, 0.29) is 0 Å². The number of pyridine rings is 1. The van der Waals surface area contributed by atoms with Gasteiger partial charge in [0.05, 0.1) is 11.1 Å². The normalized spacial score (nSPS) is 10.1. The standard InChI is InChI=1S/C11H16BrNO/c1-2-3-4-5-8-14-11-6-7-13-9-10(11)12/h6-7,9H,2-5,8H2,1H3. The van der Waals surface area contributed by atoms with Crippen molar-refractivity contribution in [3.63, 3.8) is 0 Å². The molecule has 0 atom stereocenters. The van der Waals surface area contributed by atoms with Crippen molar-refractivity contribution in [1.82, 2.24) is 4.98 Å². The Kier molecular flexibility index (Phi) is 5.60. The number of unbranched alkanes of at least 4 members (excludes halogenated alkanes) is 3. The third-order valence-corrected chi connectivity index (χ3v) is 2.59. The molecule has 78 valence electrons. The van der Waals surface area contributed by atoms with E-state index in [2.05, 4.69) is 27.8 Å². The SMILES string of the molecule is CCCCCCOc1ccncc1Br. The Morgan fingerprint density at radius 2 is 2.21 bits per heavy atom. The molecule has 1 heterocycles. The van der Waals surface area contributed by atoms with Gasteiger partial charge in [-0.25, -0.2) is 0 Å². The Bertz CT molecular complexity index is 265. The average molecular weight is 258 g/mol. The van der Waals surface area contributed by atoms with Gasteiger partial charge in [0.1, 0.15) is 5.75 Å². The maximum Gasteiger partial charge on any atom is 0.136 e. The molecule has 0 saturated heterocycles. The van der Waals surface area contributed by atoms with Crippen molar-refractivity contribution >= 4 is 15.9 Å². The number of hydrogen-bond acceptors (Lipinski definition) is 2. The minimum atomic E-state index is 0.794. The molecule has 0 N–H and O–H groups in total. The molecule has 0 unspecified atom stereocenters. The van der Waals surface area contributed by atoms with Gasteiger partial charge in [-0.1, -0.05) is 26.2 Å². The molecule has 14 heavy (non-hydrogen) atoms. The number of ether oxygens (including phenoxy) is 1. The van der Waals surface area contributed by atoms with Crippen molar-refractivity contribution in [2.75, 3.05) is 6.61 Å². The molecule has 1 aromatic heterocycles. The van der Waals surface area contributed by atoms with E-state index in [1.165, 1.54) is 19.3 Å². The summed E-state index contributed by atoms with van der Waals surface area (Å²) in [6.45, 7) is 3.00. The topological polar surface area (TPSA) is 22.1 Å². The predicted octanol–water partition coefficient (Wildman–Crippen LogP) is 3.80. The molecule has 0 aromatic carbocycles. The van der Waals surface area contributed by atoms with Gasteiger partial charge >= 0.3 is 0 Å². The molecular weight excluding hydrogens is 242 g/mol. The summed E-state index contributed by atoms with van der Waals surface area (Å²) in [5.74, 6) is 0.886. The number of halogens is 1. The molecular formula is C11H16BrNO. The molecule has 0 fully saturated rings. The van der Waals surface area contributed by atoms with Gasteiger partial charge in [0.2, 0.25) is 0 Å². The van der Waals surface area contributed by atoms with Gasteiger partial charge in [-0.15, -0.1) is 0 Å². The van der Waals surface area contributed by atoms with Crippen LogP contribution >= 0.6 is 15.9 Å². The van der Waals surface area contributed by atoms with Crippen LogP contribution in [0.25, 0.3) is 0 Å². The number of hydrogen-bond donors (Lipinski definition) is 0. The summed E-state index contributed by atoms with van der Waals surface area (Å²) in [5.41, 5.74) is 0. The lowest BCUT2D eigenvalue weighted by Gasteiger charge is -2.06. The van der Waals surface area contributed by atoms with E-state index in [1.807, 2.05) is 6.07 Å². The van der Waals surface area contributed by atoms with Gasteiger partial charge < -0.3 is 4.74 Å². The van der Waals surface area contributed by atoms with E-state index in [0.29, 0.717) is 0 Å². The van der Waals surface area contributed by atoms with Gasteiger partial charge in [0.25, 0.3) is 0 Å². The van der Waals surface area contributed by atoms with Gasteiger partial charge in [-0.2, -0.15) is 0 Å². The van der Waals surface area contributed by atoms with Gasteiger partial charge in [-0.05, 0) is 28.4 Å². The second-order valence-corrected chi connectivity index (χ2v) is 4.07. The van der Waals surface area contributed by atoms with E-state index in [9.17, 15) is 0 Å². The van der Waals surface area contributed by atoms with Crippen LogP contribution in [0.15, 0.2) is 22.9 Å². The van der Waals surface area contributed by atoms with E-state index >= 15 is 0 Å². The van der Waals surface area contributed by atoms with Gasteiger partial charge in [0, 0.05) is 12.4 Å². The van der Waals surface area contributed by atoms with E-state index in [0.717, 1.165) is 23.2 Å². The summed E-state index contributed by atoms with van der Waals surface area (Å²) >= 11 is 3.39. The lowest BCUT2D eigenvalue weighted by molar-refractivity contribution is 0.303. The summed E-state index contributed by atoms with van der Waals surface area (Å²) in [6, 6.07) is 1.88. The Morgan fingerprint density at radius 3 is 2.93 bits per heavy atom. The maximum atomic E-state index is 5.60. The Morgan fingerprint density at radius 1 is 1.36 bits per heavy atom. The third-order valence-electron chi connectivity index (χ3n) is 1.99. The van der Waals surface area contributed by atoms with E-state index in [4.69, 9.17) is 4.74 Å². The Hall–Kier alpha value is -0.570. The van der Waals surface area contributed by atoms with Crippen LogP contribution in [0.5, 0.6) is 5.75 Å². The van der Waals surface area contributed by atoms with E-state index < -0.39 is 0 Å². The monoisotopic (exact) mass is 257 g/mol. The summed E-state index contributed by atoms with van der Waals surface area (Å²) < 4.78 is 6.52. The largest absolute Gasteiger partial charge is 0.492 e. The van der Waals surface area contributed by atoms with Crippen LogP contribution in [0, 0.1) is 0 Å². The maximum absolute atomic E-state index is 5.60. The zero-order chi connectivity index (χ0) is 10.2. The lowest BCUT2D eigenvalue weighted by Crippen LogP contribution is -1.97. The summed E-state index contributed by atoms with van der Waals surface area (Å²) in [5, 5.41) is 0. The first-order valence-electron chi connectivity index (χ1n) is 5.07. The van der Waals surface area contributed by atoms with Gasteiger partial charge in [-0.3, -0.25) is 4.98 Å². The molecule has 2 nitrogen and oxygen atoms in total. The minimum absolute atomic E-state index is 0.794. The summed E-state index contributed by atoms with van der Waals surface area (Å²) in [4.78, 5) is 3.98. The number of nitrogens with zero attached hydrogens (tertiary/aromatic N) is 1. The first-order chi connectivity index (χ1) is 6.84. The molecule has 1 aromatic rings. The highest BCUT2D eigenvalue weighted by Crippen LogP contribution is 2.22. The van der Waals surface area contributed by atoms with Crippen LogP contribution < -0.4 is 4.74 Å². The molecule has 0 aliphatic carbocycles. The van der Waals surface area contributed by atoms with Crippen LogP contribution in [0.2, 0.25) is 0 Å². The number of rotatable bonds is 6. The molecule has 3 heteroatoms. The molecule has 0 aliphatic rings. The second-order valence-electron chi connectivity index (χ2n) is 3.22. The zero-order valence-electron chi connectivity index (χ0n) is 8.50. The highest BCUT2D eigenvalue weighted by molar-refractivity contribution is 9.10. The Labute approximate surface area is 93.8 Å². The van der Waals surface area contributed by atoms with Crippen molar-refractivity contribution in [1.29, 1.82) is 0 Å². The highest BCUT2D eigenvalue weighted by atomic mass is 79.9. The van der Waals surface area contributed by atoms with Crippen LogP contribution in [0.1, 0.15) is 32.6 Å². The minimum Gasteiger partial charge on any atom is -0.492 e. The second kappa shape index (κ2) is 6.82. The quantitative estimate of drug-likeness (QED) is 0.724. The molecule has 0 aliphatic heterocycles. The molecule has 0 spiro atoms. The Balaban J connectivity index is 2.21. The molecule has 0 bridgehead atoms. The van der Waals surface area contributed by atoms with E-state index in [1.54, 1.807) is 12.4 Å². The smallest absolute Gasteiger partial charge is 0.136 e. The first kappa shape index (κ1) is 11.5. The molecule has 0 radical (unpaired) electrons. The van der Waals surface area contributed by atoms with Crippen molar-refractivity contribution in [3.05, 3.63) is 22.9 Å². The average Bonchev–Trinajstić information content (AvgIpc) is 2.20. The van der Waals surface area contributed by atoms with Crippen molar-refractivity contribution in [3.8, 4) is 5.75 Å².